The van der Waals surface area contributed by atoms with Crippen LogP contribution in [-0.4, -0.2) is 34.7 Å². The fraction of sp³-hybridized carbons (Fsp3) is 0.310. The van der Waals surface area contributed by atoms with E-state index in [2.05, 4.69) is 29.2 Å². The number of hydrogen-bond acceptors (Lipinski definition) is 3. The summed E-state index contributed by atoms with van der Waals surface area (Å²) < 4.78 is 46.7. The van der Waals surface area contributed by atoms with E-state index in [0.29, 0.717) is 18.4 Å². The highest BCUT2D eigenvalue weighted by molar-refractivity contribution is 5.79. The first-order valence-electron chi connectivity index (χ1n) is 12.3. The maximum absolute atomic E-state index is 13.6. The third-order valence-corrected chi connectivity index (χ3v) is 7.61. The van der Waals surface area contributed by atoms with Gasteiger partial charge in [-0.1, -0.05) is 60.7 Å². The van der Waals surface area contributed by atoms with E-state index in [1.807, 2.05) is 30.3 Å². The molecular weight excluding hydrogens is 465 g/mol. The lowest BCUT2D eigenvalue weighted by molar-refractivity contribution is -0.141. The van der Waals surface area contributed by atoms with Gasteiger partial charge in [0.05, 0.1) is 6.04 Å². The Balaban J connectivity index is 1.24. The average Bonchev–Trinajstić information content (AvgIpc) is 3.20. The minimum atomic E-state index is -4.53. The van der Waals surface area contributed by atoms with Crippen LogP contribution in [0, 0.1) is 0 Å². The molecule has 184 valence electrons. The van der Waals surface area contributed by atoms with Gasteiger partial charge in [-0.25, -0.2) is 4.79 Å². The summed E-state index contributed by atoms with van der Waals surface area (Å²) in [6.45, 7) is 0.222. The molecular formula is C29H25F3N2O2. The van der Waals surface area contributed by atoms with Crippen molar-refractivity contribution in [3.63, 3.8) is 0 Å². The van der Waals surface area contributed by atoms with Crippen LogP contribution in [0.5, 0.6) is 0 Å². The molecule has 0 saturated carbocycles. The van der Waals surface area contributed by atoms with Gasteiger partial charge >= 0.3 is 12.3 Å². The van der Waals surface area contributed by atoms with Crippen molar-refractivity contribution in [1.29, 1.82) is 0 Å². The summed E-state index contributed by atoms with van der Waals surface area (Å²) in [5.41, 5.74) is 4.44. The van der Waals surface area contributed by atoms with Crippen molar-refractivity contribution in [2.75, 3.05) is 6.61 Å². The second-order valence-electron chi connectivity index (χ2n) is 9.66. The third-order valence-electron chi connectivity index (χ3n) is 7.61. The molecule has 3 aliphatic rings. The van der Waals surface area contributed by atoms with Crippen molar-refractivity contribution in [1.82, 2.24) is 9.88 Å². The van der Waals surface area contributed by atoms with Crippen molar-refractivity contribution < 1.29 is 22.7 Å². The minimum Gasteiger partial charge on any atom is -0.448 e. The fourth-order valence-corrected chi connectivity index (χ4v) is 6.07. The first-order valence-corrected chi connectivity index (χ1v) is 12.3. The van der Waals surface area contributed by atoms with E-state index in [0.717, 1.165) is 35.1 Å². The second kappa shape index (κ2) is 8.80. The fourth-order valence-electron chi connectivity index (χ4n) is 6.07. The molecule has 2 bridgehead atoms. The van der Waals surface area contributed by atoms with E-state index < -0.39 is 18.0 Å². The predicted octanol–water partition coefficient (Wildman–Crippen LogP) is 7.06. The Labute approximate surface area is 207 Å². The minimum absolute atomic E-state index is 0.0400. The molecule has 0 radical (unpaired) electrons. The summed E-state index contributed by atoms with van der Waals surface area (Å²) in [7, 11) is 0. The summed E-state index contributed by atoms with van der Waals surface area (Å²) in [6, 6.07) is 18.9. The molecule has 36 heavy (non-hydrogen) atoms. The molecule has 6 rings (SSSR count). The van der Waals surface area contributed by atoms with Crippen LogP contribution in [0.1, 0.15) is 54.0 Å². The zero-order valence-electron chi connectivity index (χ0n) is 19.5. The van der Waals surface area contributed by atoms with Crippen LogP contribution in [-0.2, 0) is 10.9 Å². The van der Waals surface area contributed by atoms with Crippen LogP contribution >= 0.6 is 0 Å². The number of halogens is 3. The number of amides is 1. The molecule has 2 unspecified atom stereocenters. The van der Waals surface area contributed by atoms with E-state index in [-0.39, 0.29) is 30.2 Å². The number of piperidine rings is 1. The smallest absolute Gasteiger partial charge is 0.433 e. The summed E-state index contributed by atoms with van der Waals surface area (Å²) in [4.78, 5) is 18.7. The zero-order valence-corrected chi connectivity index (χ0v) is 19.5. The first kappa shape index (κ1) is 22.8. The Kier molecular flexibility index (Phi) is 5.58. The van der Waals surface area contributed by atoms with Crippen molar-refractivity contribution in [2.45, 2.75) is 49.9 Å². The van der Waals surface area contributed by atoms with Gasteiger partial charge in [0.2, 0.25) is 0 Å². The second-order valence-corrected chi connectivity index (χ2v) is 9.66. The predicted molar refractivity (Wildman–Crippen MR) is 130 cm³/mol. The first-order chi connectivity index (χ1) is 17.4. The van der Waals surface area contributed by atoms with Crippen LogP contribution in [0.3, 0.4) is 0 Å². The number of pyridine rings is 1. The van der Waals surface area contributed by atoms with Gasteiger partial charge in [0.15, 0.2) is 5.69 Å². The molecule has 2 aromatic carbocycles. The average molecular weight is 491 g/mol. The van der Waals surface area contributed by atoms with Crippen LogP contribution in [0.15, 0.2) is 72.9 Å². The molecule has 7 heteroatoms. The van der Waals surface area contributed by atoms with Gasteiger partial charge in [-0.2, -0.15) is 13.2 Å². The number of carbonyl (C=O) groups is 1. The monoisotopic (exact) mass is 490 g/mol. The molecule has 0 spiro atoms. The molecule has 3 heterocycles. The Morgan fingerprint density at radius 2 is 1.61 bits per heavy atom. The number of alkyl halides is 3. The number of aromatic nitrogens is 1. The van der Waals surface area contributed by atoms with Crippen molar-refractivity contribution in [3.8, 4) is 11.1 Å². The van der Waals surface area contributed by atoms with Crippen LogP contribution in [0.4, 0.5) is 18.0 Å². The number of ether oxygens (including phenoxy) is 1. The molecule has 1 fully saturated rings. The van der Waals surface area contributed by atoms with Crippen molar-refractivity contribution in [3.05, 3.63) is 95.3 Å². The summed E-state index contributed by atoms with van der Waals surface area (Å²) in [6.07, 6.45) is 0.759. The lowest BCUT2D eigenvalue weighted by atomic mass is 9.82. The number of fused-ring (bicyclic) bond motifs is 5. The lowest BCUT2D eigenvalue weighted by Gasteiger charge is -2.44. The van der Waals surface area contributed by atoms with Gasteiger partial charge in [-0.05, 0) is 59.6 Å². The van der Waals surface area contributed by atoms with E-state index in [1.165, 1.54) is 18.3 Å². The highest BCUT2D eigenvalue weighted by Crippen LogP contribution is 2.45. The number of carbonyl (C=O) groups excluding carboxylic acids is 1. The molecule has 0 N–H and O–H groups in total. The van der Waals surface area contributed by atoms with Gasteiger partial charge in [0.1, 0.15) is 6.61 Å². The van der Waals surface area contributed by atoms with Gasteiger partial charge in [0.25, 0.3) is 0 Å². The van der Waals surface area contributed by atoms with Gasteiger partial charge < -0.3 is 4.74 Å². The van der Waals surface area contributed by atoms with Gasteiger partial charge in [0, 0.05) is 23.7 Å². The molecule has 1 aliphatic carbocycles. The molecule has 2 aliphatic heterocycles. The van der Waals surface area contributed by atoms with E-state index >= 15 is 0 Å². The highest BCUT2D eigenvalue weighted by Gasteiger charge is 2.42. The van der Waals surface area contributed by atoms with Crippen LogP contribution < -0.4 is 0 Å². The summed E-state index contributed by atoms with van der Waals surface area (Å²) in [5.74, 6) is -0.0400. The van der Waals surface area contributed by atoms with Gasteiger partial charge in [-0.3, -0.25) is 9.88 Å². The normalized spacial score (nSPS) is 21.0. The molecule has 3 aromatic rings. The van der Waals surface area contributed by atoms with Crippen molar-refractivity contribution >= 4 is 11.7 Å². The molecule has 2 atom stereocenters. The number of rotatable bonds is 3. The van der Waals surface area contributed by atoms with Crippen molar-refractivity contribution in [2.24, 2.45) is 0 Å². The largest absolute Gasteiger partial charge is 0.448 e. The molecule has 1 amide bonds. The van der Waals surface area contributed by atoms with Crippen LogP contribution in [0.2, 0.25) is 0 Å². The number of benzene rings is 2. The molecule has 1 aromatic heterocycles. The molecule has 1 saturated heterocycles. The maximum Gasteiger partial charge on any atom is 0.433 e. The van der Waals surface area contributed by atoms with Gasteiger partial charge in [-0.15, -0.1) is 0 Å². The maximum atomic E-state index is 13.6. The standard InChI is InChI=1S/C29H25F3N2O2/c30-29(31,32)27-21(13-6-14-33-27)18-15-19-7-5-8-20(16-18)34(19)28(35)36-17-26-24-11-3-1-9-22(24)23-10-2-4-12-25(23)26/h1-4,6,9-15,19-20,26H,5,7-8,16-17H2. The number of hydrogen-bond donors (Lipinski definition) is 0. The van der Waals surface area contributed by atoms with E-state index in [1.54, 1.807) is 4.90 Å². The SMILES string of the molecule is O=C(OCC1c2ccccc2-c2ccccc21)N1C2C=C(c3cccnc3C(F)(F)F)CC1CCC2. The highest BCUT2D eigenvalue weighted by atomic mass is 19.4. The quantitative estimate of drug-likeness (QED) is 0.395. The Hall–Kier alpha value is -3.61. The van der Waals surface area contributed by atoms with E-state index in [9.17, 15) is 18.0 Å². The lowest BCUT2D eigenvalue weighted by Crippen LogP contribution is -2.52. The zero-order chi connectivity index (χ0) is 24.9. The van der Waals surface area contributed by atoms with E-state index in [4.69, 9.17) is 4.74 Å². The Morgan fingerprint density at radius 3 is 2.28 bits per heavy atom. The summed E-state index contributed by atoms with van der Waals surface area (Å²) >= 11 is 0. The van der Waals surface area contributed by atoms with Crippen LogP contribution in [0.25, 0.3) is 16.7 Å². The molecule has 4 nitrogen and oxygen atoms in total. The Morgan fingerprint density at radius 1 is 0.944 bits per heavy atom. The third kappa shape index (κ3) is 3.87. The number of nitrogens with zero attached hydrogens (tertiary/aromatic N) is 2. The summed E-state index contributed by atoms with van der Waals surface area (Å²) in [5, 5.41) is 0. The Bertz CT molecular complexity index is 1300. The topological polar surface area (TPSA) is 42.4 Å².